The first-order valence-corrected chi connectivity index (χ1v) is 8.67. The van der Waals surface area contributed by atoms with Crippen LogP contribution in [0, 0.1) is 13.8 Å². The van der Waals surface area contributed by atoms with E-state index in [1.807, 2.05) is 17.7 Å². The van der Waals surface area contributed by atoms with Gasteiger partial charge in [-0.25, -0.2) is 4.98 Å². The number of carbonyl (C=O) groups is 1. The summed E-state index contributed by atoms with van der Waals surface area (Å²) < 4.78 is 2.00. The average Bonchev–Trinajstić information content (AvgIpc) is 3.01. The van der Waals surface area contributed by atoms with Crippen molar-refractivity contribution in [2.75, 3.05) is 12.4 Å². The molecule has 2 rings (SSSR count). The second kappa shape index (κ2) is 8.17. The van der Waals surface area contributed by atoms with Gasteiger partial charge in [-0.3, -0.25) is 9.36 Å². The SMILES string of the molecule is CCC(CO)NC(=O)CSc1nccn1-c1cc(C)ccc1C. The first-order valence-electron chi connectivity index (χ1n) is 7.69. The first kappa shape index (κ1) is 17.6. The van der Waals surface area contributed by atoms with Crippen LogP contribution in [-0.2, 0) is 4.79 Å². The van der Waals surface area contributed by atoms with Gasteiger partial charge in [0.15, 0.2) is 5.16 Å². The summed E-state index contributed by atoms with van der Waals surface area (Å²) in [7, 11) is 0. The number of nitrogens with zero attached hydrogens (tertiary/aromatic N) is 2. The van der Waals surface area contributed by atoms with Crippen LogP contribution in [0.15, 0.2) is 35.7 Å². The molecule has 0 saturated carbocycles. The number of aliphatic hydroxyl groups excluding tert-OH is 1. The number of amides is 1. The standard InChI is InChI=1S/C17H23N3O2S/c1-4-14(10-21)19-16(22)11-23-17-18-7-8-20(17)15-9-12(2)5-6-13(15)3/h5-9,14,21H,4,10-11H2,1-3H3,(H,19,22). The number of imidazole rings is 1. The summed E-state index contributed by atoms with van der Waals surface area (Å²) in [6, 6.07) is 6.09. The van der Waals surface area contributed by atoms with E-state index in [1.165, 1.54) is 17.3 Å². The Bertz CT molecular complexity index is 666. The fraction of sp³-hybridized carbons (Fsp3) is 0.412. The van der Waals surface area contributed by atoms with Gasteiger partial charge in [-0.2, -0.15) is 0 Å². The van der Waals surface area contributed by atoms with Gasteiger partial charge in [0.25, 0.3) is 0 Å². The number of rotatable bonds is 7. The van der Waals surface area contributed by atoms with Gasteiger partial charge in [-0.05, 0) is 37.5 Å². The minimum absolute atomic E-state index is 0.0377. The average molecular weight is 333 g/mol. The second-order valence-electron chi connectivity index (χ2n) is 5.51. The molecule has 0 aliphatic rings. The lowest BCUT2D eigenvalue weighted by atomic mass is 10.1. The Morgan fingerprint density at radius 2 is 2.22 bits per heavy atom. The largest absolute Gasteiger partial charge is 0.394 e. The van der Waals surface area contributed by atoms with E-state index in [9.17, 15) is 4.79 Å². The van der Waals surface area contributed by atoms with Crippen LogP contribution in [0.2, 0.25) is 0 Å². The third-order valence-corrected chi connectivity index (χ3v) is 4.61. The van der Waals surface area contributed by atoms with Crippen LogP contribution in [0.5, 0.6) is 0 Å². The summed E-state index contributed by atoms with van der Waals surface area (Å²) in [6.07, 6.45) is 4.36. The van der Waals surface area contributed by atoms with E-state index < -0.39 is 0 Å². The van der Waals surface area contributed by atoms with Crippen molar-refractivity contribution < 1.29 is 9.90 Å². The molecule has 0 saturated heterocycles. The van der Waals surface area contributed by atoms with Crippen molar-refractivity contribution in [2.24, 2.45) is 0 Å². The van der Waals surface area contributed by atoms with E-state index in [4.69, 9.17) is 5.11 Å². The highest BCUT2D eigenvalue weighted by atomic mass is 32.2. The van der Waals surface area contributed by atoms with E-state index in [0.717, 1.165) is 16.4 Å². The molecule has 1 aromatic heterocycles. The first-order chi connectivity index (χ1) is 11.0. The molecule has 124 valence electrons. The maximum atomic E-state index is 12.0. The Morgan fingerprint density at radius 3 is 2.91 bits per heavy atom. The Balaban J connectivity index is 2.07. The molecule has 6 heteroatoms. The van der Waals surface area contributed by atoms with Crippen LogP contribution >= 0.6 is 11.8 Å². The molecule has 0 radical (unpaired) electrons. The number of carbonyl (C=O) groups excluding carboxylic acids is 1. The Hall–Kier alpha value is -1.79. The van der Waals surface area contributed by atoms with Gasteiger partial charge < -0.3 is 10.4 Å². The predicted molar refractivity (Wildman–Crippen MR) is 93.1 cm³/mol. The molecule has 0 aliphatic heterocycles. The number of hydrogen-bond acceptors (Lipinski definition) is 4. The number of aryl methyl sites for hydroxylation is 2. The van der Waals surface area contributed by atoms with Crippen LogP contribution in [0.3, 0.4) is 0 Å². The molecular formula is C17H23N3O2S. The van der Waals surface area contributed by atoms with Gasteiger partial charge in [-0.1, -0.05) is 30.8 Å². The zero-order valence-electron chi connectivity index (χ0n) is 13.7. The van der Waals surface area contributed by atoms with Crippen LogP contribution in [0.25, 0.3) is 5.69 Å². The molecule has 1 aromatic carbocycles. The number of hydrogen-bond donors (Lipinski definition) is 2. The topological polar surface area (TPSA) is 67.2 Å². The molecule has 1 atom stereocenters. The minimum Gasteiger partial charge on any atom is -0.394 e. The lowest BCUT2D eigenvalue weighted by Crippen LogP contribution is -2.38. The zero-order valence-corrected chi connectivity index (χ0v) is 14.6. The molecule has 0 bridgehead atoms. The Morgan fingerprint density at radius 1 is 1.43 bits per heavy atom. The number of benzene rings is 1. The summed E-state index contributed by atoms with van der Waals surface area (Å²) in [4.78, 5) is 16.3. The number of aromatic nitrogens is 2. The number of nitrogens with one attached hydrogen (secondary N) is 1. The van der Waals surface area contributed by atoms with Crippen LogP contribution in [0.1, 0.15) is 24.5 Å². The molecule has 0 fully saturated rings. The van der Waals surface area contributed by atoms with E-state index >= 15 is 0 Å². The molecule has 23 heavy (non-hydrogen) atoms. The minimum atomic E-state index is -0.179. The second-order valence-corrected chi connectivity index (χ2v) is 6.46. The summed E-state index contributed by atoms with van der Waals surface area (Å²) >= 11 is 1.39. The zero-order chi connectivity index (χ0) is 16.8. The monoisotopic (exact) mass is 333 g/mol. The highest BCUT2D eigenvalue weighted by Gasteiger charge is 2.13. The van der Waals surface area contributed by atoms with Crippen LogP contribution in [-0.4, -0.2) is 39.0 Å². The van der Waals surface area contributed by atoms with Gasteiger partial charge in [0, 0.05) is 12.4 Å². The molecule has 2 aromatic rings. The van der Waals surface area contributed by atoms with Crippen molar-refractivity contribution in [2.45, 2.75) is 38.4 Å². The predicted octanol–water partition coefficient (Wildman–Crippen LogP) is 2.47. The van der Waals surface area contributed by atoms with Crippen molar-refractivity contribution >= 4 is 17.7 Å². The van der Waals surface area contributed by atoms with Gasteiger partial charge in [0.05, 0.1) is 24.1 Å². The third kappa shape index (κ3) is 4.59. The number of thioether (sulfide) groups is 1. The van der Waals surface area contributed by atoms with Crippen molar-refractivity contribution in [3.63, 3.8) is 0 Å². The van der Waals surface area contributed by atoms with E-state index in [0.29, 0.717) is 6.42 Å². The summed E-state index contributed by atoms with van der Waals surface area (Å²) in [6.45, 7) is 6.01. The highest BCUT2D eigenvalue weighted by molar-refractivity contribution is 7.99. The molecule has 1 amide bonds. The van der Waals surface area contributed by atoms with Crippen molar-refractivity contribution in [3.05, 3.63) is 41.7 Å². The van der Waals surface area contributed by atoms with Crippen LogP contribution in [0.4, 0.5) is 0 Å². The van der Waals surface area contributed by atoms with Crippen LogP contribution < -0.4 is 5.32 Å². The van der Waals surface area contributed by atoms with Gasteiger partial charge >= 0.3 is 0 Å². The summed E-state index contributed by atoms with van der Waals surface area (Å²) in [5, 5.41) is 12.7. The van der Waals surface area contributed by atoms with Crippen molar-refractivity contribution in [1.29, 1.82) is 0 Å². The molecular weight excluding hydrogens is 310 g/mol. The smallest absolute Gasteiger partial charge is 0.230 e. The van der Waals surface area contributed by atoms with Gasteiger partial charge in [-0.15, -0.1) is 0 Å². The van der Waals surface area contributed by atoms with Gasteiger partial charge in [0.2, 0.25) is 5.91 Å². The normalized spacial score (nSPS) is 12.2. The lowest BCUT2D eigenvalue weighted by molar-refractivity contribution is -0.119. The maximum absolute atomic E-state index is 12.0. The quantitative estimate of drug-likeness (QED) is 0.764. The molecule has 0 spiro atoms. The fourth-order valence-electron chi connectivity index (χ4n) is 2.24. The van der Waals surface area contributed by atoms with Crippen molar-refractivity contribution in [1.82, 2.24) is 14.9 Å². The highest BCUT2D eigenvalue weighted by Crippen LogP contribution is 2.23. The molecule has 2 N–H and O–H groups in total. The number of aliphatic hydroxyl groups is 1. The van der Waals surface area contributed by atoms with Gasteiger partial charge in [0.1, 0.15) is 0 Å². The maximum Gasteiger partial charge on any atom is 0.230 e. The van der Waals surface area contributed by atoms with E-state index in [-0.39, 0.29) is 24.3 Å². The molecule has 5 nitrogen and oxygen atoms in total. The molecule has 1 heterocycles. The molecule has 1 unspecified atom stereocenters. The molecule has 0 aliphatic carbocycles. The van der Waals surface area contributed by atoms with E-state index in [1.54, 1.807) is 6.20 Å². The third-order valence-electron chi connectivity index (χ3n) is 3.64. The summed E-state index contributed by atoms with van der Waals surface area (Å²) in [5.41, 5.74) is 3.42. The Labute approximate surface area is 141 Å². The van der Waals surface area contributed by atoms with E-state index in [2.05, 4.69) is 42.3 Å². The summed E-state index contributed by atoms with van der Waals surface area (Å²) in [5.74, 6) is 0.185. The lowest BCUT2D eigenvalue weighted by Gasteiger charge is -2.14. The Kier molecular flexibility index (Phi) is 6.24. The van der Waals surface area contributed by atoms with Crippen molar-refractivity contribution in [3.8, 4) is 5.69 Å². The fourth-order valence-corrected chi connectivity index (χ4v) is 3.01.